The van der Waals surface area contributed by atoms with Crippen molar-refractivity contribution in [1.82, 2.24) is 20.7 Å². The van der Waals surface area contributed by atoms with Gasteiger partial charge in [-0.05, 0) is 47.6 Å². The lowest BCUT2D eigenvalue weighted by Gasteiger charge is -2.33. The summed E-state index contributed by atoms with van der Waals surface area (Å²) < 4.78 is 50.9. The molecule has 1 aromatic heterocycles. The Morgan fingerprint density at radius 1 is 1.06 bits per heavy atom. The Morgan fingerprint density at radius 2 is 1.80 bits per heavy atom. The summed E-state index contributed by atoms with van der Waals surface area (Å²) in [6.07, 6.45) is -1.12. The minimum Gasteiger partial charge on any atom is -0.468 e. The van der Waals surface area contributed by atoms with Crippen LogP contribution in [0.15, 0.2) is 66.9 Å². The molecule has 3 heterocycles. The van der Waals surface area contributed by atoms with Crippen LogP contribution in [0.2, 0.25) is 0 Å². The number of fused-ring (bicyclic) bond motifs is 1. The van der Waals surface area contributed by atoms with Crippen LogP contribution in [0, 0.1) is 29.0 Å². The molecular formula is C37H44F2N4O8. The largest absolute Gasteiger partial charge is 0.468 e. The van der Waals surface area contributed by atoms with Crippen LogP contribution >= 0.6 is 0 Å². The number of pyridine rings is 1. The number of hydrazine groups is 1. The lowest BCUT2D eigenvalue weighted by Crippen LogP contribution is -2.55. The Hall–Kier alpha value is -4.50. The predicted octanol–water partition coefficient (Wildman–Crippen LogP) is 4.16. The van der Waals surface area contributed by atoms with E-state index in [2.05, 4.69) is 15.7 Å². The van der Waals surface area contributed by atoms with Gasteiger partial charge in [-0.25, -0.2) is 19.2 Å². The van der Waals surface area contributed by atoms with Crippen molar-refractivity contribution in [1.29, 1.82) is 0 Å². The predicted molar refractivity (Wildman–Crippen MR) is 180 cm³/mol. The first-order valence-electron chi connectivity index (χ1n) is 16.8. The summed E-state index contributed by atoms with van der Waals surface area (Å²) in [5, 5.41) is 15.9. The molecule has 2 saturated heterocycles. The van der Waals surface area contributed by atoms with Crippen molar-refractivity contribution in [2.45, 2.75) is 64.7 Å². The number of carbonyl (C=O) groups is 3. The van der Waals surface area contributed by atoms with Crippen molar-refractivity contribution in [3.8, 4) is 11.1 Å². The Balaban J connectivity index is 1.38. The number of carbonyl (C=O) groups excluding carboxylic acids is 3. The maximum absolute atomic E-state index is 14.8. The van der Waals surface area contributed by atoms with Crippen molar-refractivity contribution >= 4 is 18.0 Å². The molecule has 2 fully saturated rings. The molecule has 12 nitrogen and oxygen atoms in total. The van der Waals surface area contributed by atoms with Crippen LogP contribution in [0.25, 0.3) is 11.1 Å². The maximum atomic E-state index is 14.8. The smallest absolute Gasteiger partial charge is 0.422 e. The van der Waals surface area contributed by atoms with Crippen LogP contribution in [0.3, 0.4) is 0 Å². The number of aromatic nitrogens is 1. The Kier molecular flexibility index (Phi) is 12.3. The van der Waals surface area contributed by atoms with E-state index in [1.165, 1.54) is 30.4 Å². The second kappa shape index (κ2) is 16.7. The van der Waals surface area contributed by atoms with Gasteiger partial charge >= 0.3 is 12.1 Å². The summed E-state index contributed by atoms with van der Waals surface area (Å²) in [5.74, 6) is -3.90. The van der Waals surface area contributed by atoms with Gasteiger partial charge in [0.2, 0.25) is 11.9 Å². The van der Waals surface area contributed by atoms with Crippen LogP contribution in [0.1, 0.15) is 38.3 Å². The van der Waals surface area contributed by atoms with Crippen LogP contribution in [0.4, 0.5) is 13.6 Å². The molecule has 0 aliphatic carbocycles. The Labute approximate surface area is 295 Å². The van der Waals surface area contributed by atoms with Gasteiger partial charge in [0.25, 0.3) is 0 Å². The van der Waals surface area contributed by atoms with Crippen LogP contribution in [0.5, 0.6) is 0 Å². The number of hydrogen-bond donors (Lipinski definition) is 3. The van der Waals surface area contributed by atoms with Gasteiger partial charge in [0.1, 0.15) is 17.8 Å². The molecule has 6 atom stereocenters. The monoisotopic (exact) mass is 710 g/mol. The first-order valence-corrected chi connectivity index (χ1v) is 16.8. The van der Waals surface area contributed by atoms with Crippen molar-refractivity contribution in [2.75, 3.05) is 26.9 Å². The molecule has 3 aromatic rings. The fourth-order valence-corrected chi connectivity index (χ4v) is 6.37. The van der Waals surface area contributed by atoms with Crippen molar-refractivity contribution in [2.24, 2.45) is 17.3 Å². The number of halogens is 2. The van der Waals surface area contributed by atoms with E-state index in [9.17, 15) is 28.3 Å². The summed E-state index contributed by atoms with van der Waals surface area (Å²) in [6, 6.07) is 15.1. The number of aliphatic hydroxyl groups excluding tert-OH is 1. The van der Waals surface area contributed by atoms with E-state index >= 15 is 0 Å². The molecule has 2 aliphatic heterocycles. The molecule has 2 aliphatic rings. The highest BCUT2D eigenvalue weighted by molar-refractivity contribution is 5.98. The summed E-state index contributed by atoms with van der Waals surface area (Å²) in [7, 11) is 1.19. The van der Waals surface area contributed by atoms with Gasteiger partial charge in [-0.3, -0.25) is 15.0 Å². The van der Waals surface area contributed by atoms with E-state index in [1.54, 1.807) is 69.3 Å². The lowest BCUT2D eigenvalue weighted by molar-refractivity contribution is -0.155. The zero-order chi connectivity index (χ0) is 36.7. The third-order valence-electron chi connectivity index (χ3n) is 9.06. The first-order chi connectivity index (χ1) is 24.3. The van der Waals surface area contributed by atoms with E-state index in [0.29, 0.717) is 29.7 Å². The first kappa shape index (κ1) is 37.7. The summed E-state index contributed by atoms with van der Waals surface area (Å²) >= 11 is 0. The molecule has 14 heteroatoms. The molecule has 51 heavy (non-hydrogen) atoms. The Bertz CT molecular complexity index is 1670. The van der Waals surface area contributed by atoms with Gasteiger partial charge in [-0.2, -0.15) is 4.39 Å². The van der Waals surface area contributed by atoms with Crippen LogP contribution in [-0.2, 0) is 41.5 Å². The van der Waals surface area contributed by atoms with Gasteiger partial charge in [0, 0.05) is 30.4 Å². The second-order valence-corrected chi connectivity index (χ2v) is 13.8. The minimum atomic E-state index is -1.38. The van der Waals surface area contributed by atoms with E-state index in [4.69, 9.17) is 18.9 Å². The quantitative estimate of drug-likeness (QED) is 0.102. The van der Waals surface area contributed by atoms with Crippen molar-refractivity contribution in [3.63, 3.8) is 0 Å². The number of ether oxygens (including phenoxy) is 4. The number of methoxy groups -OCH3 is 1. The summed E-state index contributed by atoms with van der Waals surface area (Å²) in [4.78, 5) is 43.3. The summed E-state index contributed by atoms with van der Waals surface area (Å²) in [6.45, 7) is 5.36. The molecule has 0 bridgehead atoms. The number of rotatable bonds is 13. The number of nitrogens with one attached hydrogen (secondary N) is 2. The molecule has 3 N–H and O–H groups in total. The maximum Gasteiger partial charge on any atom is 0.422 e. The normalized spacial score (nSPS) is 20.3. The topological polar surface area (TPSA) is 149 Å². The highest BCUT2D eigenvalue weighted by atomic mass is 19.1. The molecule has 0 saturated carbocycles. The van der Waals surface area contributed by atoms with Crippen LogP contribution < -0.4 is 10.7 Å². The van der Waals surface area contributed by atoms with Gasteiger partial charge in [0.05, 0.1) is 38.4 Å². The average Bonchev–Trinajstić information content (AvgIpc) is 3.70. The number of benzene rings is 2. The minimum absolute atomic E-state index is 0.0706. The van der Waals surface area contributed by atoms with Crippen molar-refractivity contribution in [3.05, 3.63) is 89.8 Å². The van der Waals surface area contributed by atoms with E-state index in [1.807, 2.05) is 0 Å². The fourth-order valence-electron chi connectivity index (χ4n) is 6.37. The highest BCUT2D eigenvalue weighted by Gasteiger charge is 2.44. The molecule has 5 rings (SSSR count). The fraction of sp³-hybridized carbons (Fsp3) is 0.459. The SMILES string of the molecule is COC(=O)C(C(=O)NC(Cc1ccc(-c2cccnc2F)cc1)C(O)CN(Cc1ccccc1F)NC(=O)OC1COC2OCCC12)C(C)(C)C. The lowest BCUT2D eigenvalue weighted by atomic mass is 9.80. The summed E-state index contributed by atoms with van der Waals surface area (Å²) in [5.41, 5.74) is 3.57. The van der Waals surface area contributed by atoms with E-state index < -0.39 is 65.6 Å². The number of aliphatic hydroxyl groups is 1. The molecule has 2 aromatic carbocycles. The van der Waals surface area contributed by atoms with Crippen molar-refractivity contribution < 1.29 is 47.2 Å². The van der Waals surface area contributed by atoms with Gasteiger partial charge in [-0.15, -0.1) is 0 Å². The van der Waals surface area contributed by atoms with E-state index in [-0.39, 0.29) is 37.6 Å². The third-order valence-corrected chi connectivity index (χ3v) is 9.06. The molecule has 2 amide bonds. The number of hydrogen-bond acceptors (Lipinski definition) is 10. The average molecular weight is 711 g/mol. The second-order valence-electron chi connectivity index (χ2n) is 13.8. The van der Waals surface area contributed by atoms with Crippen LogP contribution in [-0.4, -0.2) is 84.5 Å². The number of esters is 1. The Morgan fingerprint density at radius 3 is 2.49 bits per heavy atom. The van der Waals surface area contributed by atoms with Gasteiger partial charge < -0.3 is 29.4 Å². The van der Waals surface area contributed by atoms with Gasteiger partial charge in [0.15, 0.2) is 6.29 Å². The number of amides is 2. The zero-order valence-corrected chi connectivity index (χ0v) is 29.0. The third kappa shape index (κ3) is 9.64. The molecule has 6 unspecified atom stereocenters. The van der Waals surface area contributed by atoms with Gasteiger partial charge in [-0.1, -0.05) is 63.2 Å². The highest BCUT2D eigenvalue weighted by Crippen LogP contribution is 2.33. The molecular weight excluding hydrogens is 666 g/mol. The molecule has 0 spiro atoms. The van der Waals surface area contributed by atoms with E-state index in [0.717, 1.165) is 0 Å². The molecule has 274 valence electrons. The number of nitrogens with zero attached hydrogens (tertiary/aromatic N) is 2. The standard InChI is InChI=1S/C37H44F2N4O8/c1-37(2,3)31(34(46)48-4)33(45)41-28(18-22-11-13-23(14-12-22)25-9-7-16-40-32(25)39)29(44)20-43(19-24-8-5-6-10-27(24)38)42-36(47)51-30-21-50-35-26(30)15-17-49-35/h5-14,16,26,28-31,35,44H,15,17-21H2,1-4H3,(H,41,45)(H,42,47). The zero-order valence-electron chi connectivity index (χ0n) is 29.0. The molecule has 0 radical (unpaired) electrons.